The number of amides is 2. The lowest BCUT2D eigenvalue weighted by molar-refractivity contribution is -0.118. The summed E-state index contributed by atoms with van der Waals surface area (Å²) in [6.07, 6.45) is 2.05. The maximum atomic E-state index is 13.6. The number of ether oxygens (including phenoxy) is 1. The van der Waals surface area contributed by atoms with Crippen molar-refractivity contribution in [2.45, 2.75) is 19.4 Å². The van der Waals surface area contributed by atoms with Crippen molar-refractivity contribution in [3.63, 3.8) is 0 Å². The molecular formula is C18H18FN3O3. The van der Waals surface area contributed by atoms with Gasteiger partial charge < -0.3 is 15.4 Å². The molecule has 2 aromatic rings. The fourth-order valence-electron chi connectivity index (χ4n) is 2.48. The van der Waals surface area contributed by atoms with Gasteiger partial charge in [0, 0.05) is 12.8 Å². The standard InChI is InChI=1S/C18H18FN3O3/c1-2-25-16-10-12(16)17(23)22-15-9-11(19)6-7-13(15)21-18(24)14-5-3-4-8-20-14/h3-9,12,16H,2,10H2,1H3,(H,21,24)(H,22,23)/t12-,16-/m1/s1. The largest absolute Gasteiger partial charge is 0.378 e. The molecule has 0 spiro atoms. The van der Waals surface area contributed by atoms with Crippen molar-refractivity contribution in [2.75, 3.05) is 17.2 Å². The lowest BCUT2D eigenvalue weighted by Crippen LogP contribution is -2.20. The van der Waals surface area contributed by atoms with Crippen LogP contribution in [0.5, 0.6) is 0 Å². The highest BCUT2D eigenvalue weighted by atomic mass is 19.1. The monoisotopic (exact) mass is 343 g/mol. The normalized spacial score (nSPS) is 18.5. The third-order valence-electron chi connectivity index (χ3n) is 3.83. The summed E-state index contributed by atoms with van der Waals surface area (Å²) in [7, 11) is 0. The number of carbonyl (C=O) groups excluding carboxylic acids is 2. The van der Waals surface area contributed by atoms with Gasteiger partial charge in [-0.05, 0) is 43.7 Å². The molecule has 1 fully saturated rings. The molecule has 0 aliphatic heterocycles. The van der Waals surface area contributed by atoms with Crippen molar-refractivity contribution in [1.82, 2.24) is 4.98 Å². The van der Waals surface area contributed by atoms with E-state index in [0.29, 0.717) is 18.7 Å². The van der Waals surface area contributed by atoms with Crippen LogP contribution in [-0.2, 0) is 9.53 Å². The first-order valence-electron chi connectivity index (χ1n) is 8.03. The molecule has 0 bridgehead atoms. The van der Waals surface area contributed by atoms with Crippen LogP contribution in [0, 0.1) is 11.7 Å². The van der Waals surface area contributed by atoms with E-state index in [0.717, 1.165) is 0 Å². The number of hydrogen-bond acceptors (Lipinski definition) is 4. The Morgan fingerprint density at radius 3 is 2.80 bits per heavy atom. The highest BCUT2D eigenvalue weighted by molar-refractivity contribution is 6.06. The van der Waals surface area contributed by atoms with Gasteiger partial charge in [-0.2, -0.15) is 0 Å². The van der Waals surface area contributed by atoms with E-state index in [-0.39, 0.29) is 29.3 Å². The third kappa shape index (κ3) is 4.19. The summed E-state index contributed by atoms with van der Waals surface area (Å²) in [5, 5.41) is 5.31. The molecule has 0 radical (unpaired) electrons. The molecule has 6 nitrogen and oxygen atoms in total. The van der Waals surface area contributed by atoms with Crippen LogP contribution < -0.4 is 10.6 Å². The molecule has 2 atom stereocenters. The first-order chi connectivity index (χ1) is 12.1. The van der Waals surface area contributed by atoms with Gasteiger partial charge in [0.25, 0.3) is 5.91 Å². The van der Waals surface area contributed by atoms with Gasteiger partial charge >= 0.3 is 0 Å². The van der Waals surface area contributed by atoms with E-state index in [1.807, 2.05) is 6.92 Å². The Bertz CT molecular complexity index is 782. The molecule has 25 heavy (non-hydrogen) atoms. The molecule has 3 rings (SSSR count). The Morgan fingerprint density at radius 2 is 2.08 bits per heavy atom. The van der Waals surface area contributed by atoms with Crippen LogP contribution in [0.2, 0.25) is 0 Å². The lowest BCUT2D eigenvalue weighted by Gasteiger charge is -2.12. The quantitative estimate of drug-likeness (QED) is 0.845. The molecule has 1 aliphatic rings. The number of benzene rings is 1. The molecule has 2 amide bonds. The van der Waals surface area contributed by atoms with Crippen LogP contribution in [0.1, 0.15) is 23.8 Å². The van der Waals surface area contributed by atoms with Crippen molar-refractivity contribution in [1.29, 1.82) is 0 Å². The minimum Gasteiger partial charge on any atom is -0.378 e. The number of aromatic nitrogens is 1. The second-order valence-electron chi connectivity index (χ2n) is 5.68. The van der Waals surface area contributed by atoms with Gasteiger partial charge in [0.05, 0.1) is 23.4 Å². The van der Waals surface area contributed by atoms with E-state index in [9.17, 15) is 14.0 Å². The van der Waals surface area contributed by atoms with Crippen molar-refractivity contribution in [3.8, 4) is 0 Å². The summed E-state index contributed by atoms with van der Waals surface area (Å²) in [5.74, 6) is -1.45. The van der Waals surface area contributed by atoms with Crippen molar-refractivity contribution >= 4 is 23.2 Å². The SMILES string of the molecule is CCO[C@@H]1C[C@H]1C(=O)Nc1cc(F)ccc1NC(=O)c1ccccn1. The minimum atomic E-state index is -0.511. The second kappa shape index (κ2) is 7.40. The Hall–Kier alpha value is -2.80. The molecular weight excluding hydrogens is 325 g/mol. The number of pyridine rings is 1. The molecule has 1 saturated carbocycles. The number of carbonyl (C=O) groups is 2. The van der Waals surface area contributed by atoms with E-state index in [1.54, 1.807) is 18.2 Å². The van der Waals surface area contributed by atoms with Gasteiger partial charge in [0.2, 0.25) is 5.91 Å². The number of rotatable bonds is 6. The van der Waals surface area contributed by atoms with Crippen molar-refractivity contribution < 1.29 is 18.7 Å². The predicted molar refractivity (Wildman–Crippen MR) is 90.7 cm³/mol. The number of anilines is 2. The Morgan fingerprint density at radius 1 is 1.24 bits per heavy atom. The van der Waals surface area contributed by atoms with Crippen LogP contribution in [0.3, 0.4) is 0 Å². The molecule has 0 unspecified atom stereocenters. The maximum Gasteiger partial charge on any atom is 0.274 e. The zero-order valence-corrected chi connectivity index (χ0v) is 13.7. The highest BCUT2D eigenvalue weighted by Crippen LogP contribution is 2.35. The highest BCUT2D eigenvalue weighted by Gasteiger charge is 2.44. The van der Waals surface area contributed by atoms with Crippen LogP contribution in [0.4, 0.5) is 15.8 Å². The van der Waals surface area contributed by atoms with Gasteiger partial charge in [-0.1, -0.05) is 6.07 Å². The number of nitrogens with zero attached hydrogens (tertiary/aromatic N) is 1. The molecule has 0 saturated heterocycles. The number of nitrogens with one attached hydrogen (secondary N) is 2. The summed E-state index contributed by atoms with van der Waals surface area (Å²) >= 11 is 0. The molecule has 1 heterocycles. The van der Waals surface area contributed by atoms with Crippen molar-refractivity contribution in [2.24, 2.45) is 5.92 Å². The van der Waals surface area contributed by atoms with Gasteiger partial charge in [-0.3, -0.25) is 14.6 Å². The first kappa shape index (κ1) is 17.0. The summed E-state index contributed by atoms with van der Waals surface area (Å²) in [5.41, 5.74) is 0.734. The fraction of sp³-hybridized carbons (Fsp3) is 0.278. The zero-order chi connectivity index (χ0) is 17.8. The average molecular weight is 343 g/mol. The first-order valence-corrected chi connectivity index (χ1v) is 8.03. The second-order valence-corrected chi connectivity index (χ2v) is 5.68. The molecule has 7 heteroatoms. The molecule has 1 aliphatic carbocycles. The topological polar surface area (TPSA) is 80.3 Å². The van der Waals surface area contributed by atoms with Crippen LogP contribution in [0.25, 0.3) is 0 Å². The summed E-state index contributed by atoms with van der Waals surface area (Å²) in [4.78, 5) is 28.4. The van der Waals surface area contributed by atoms with E-state index in [4.69, 9.17) is 4.74 Å². The van der Waals surface area contributed by atoms with Crippen LogP contribution >= 0.6 is 0 Å². The summed E-state index contributed by atoms with van der Waals surface area (Å²) in [6.45, 7) is 2.41. The maximum absolute atomic E-state index is 13.6. The zero-order valence-electron chi connectivity index (χ0n) is 13.7. The fourth-order valence-corrected chi connectivity index (χ4v) is 2.48. The van der Waals surface area contributed by atoms with Gasteiger partial charge in [-0.15, -0.1) is 0 Å². The Labute approximate surface area is 144 Å². The lowest BCUT2D eigenvalue weighted by atomic mass is 10.2. The molecule has 1 aromatic carbocycles. The minimum absolute atomic E-state index is 0.0925. The molecule has 130 valence electrons. The average Bonchev–Trinajstić information content (AvgIpc) is 3.38. The third-order valence-corrected chi connectivity index (χ3v) is 3.83. The van der Waals surface area contributed by atoms with Gasteiger partial charge in [0.1, 0.15) is 11.5 Å². The van der Waals surface area contributed by atoms with Crippen molar-refractivity contribution in [3.05, 3.63) is 54.1 Å². The van der Waals surface area contributed by atoms with Crippen LogP contribution in [-0.4, -0.2) is 29.5 Å². The van der Waals surface area contributed by atoms with E-state index < -0.39 is 11.7 Å². The van der Waals surface area contributed by atoms with Crippen LogP contribution in [0.15, 0.2) is 42.6 Å². The summed E-state index contributed by atoms with van der Waals surface area (Å²) < 4.78 is 19.0. The van der Waals surface area contributed by atoms with Gasteiger partial charge in [-0.25, -0.2) is 4.39 Å². The van der Waals surface area contributed by atoms with E-state index in [2.05, 4.69) is 15.6 Å². The predicted octanol–water partition coefficient (Wildman–Crippen LogP) is 2.84. The number of hydrogen-bond donors (Lipinski definition) is 2. The molecule has 1 aromatic heterocycles. The number of halogens is 1. The van der Waals surface area contributed by atoms with Gasteiger partial charge in [0.15, 0.2) is 0 Å². The molecule has 2 N–H and O–H groups in total. The smallest absolute Gasteiger partial charge is 0.274 e. The Balaban J connectivity index is 1.72. The summed E-state index contributed by atoms with van der Waals surface area (Å²) in [6, 6.07) is 8.74. The van der Waals surface area contributed by atoms with E-state index >= 15 is 0 Å². The van der Waals surface area contributed by atoms with E-state index in [1.165, 1.54) is 24.4 Å². The Kier molecular flexibility index (Phi) is 5.04.